The second-order valence-corrected chi connectivity index (χ2v) is 16.3. The molecule has 0 fully saturated rings. The van der Waals surface area contributed by atoms with Crippen LogP contribution in [0.3, 0.4) is 0 Å². The van der Waals surface area contributed by atoms with Crippen LogP contribution in [0, 0.1) is 0 Å². The van der Waals surface area contributed by atoms with E-state index in [2.05, 4.69) is 40.8 Å². The van der Waals surface area contributed by atoms with E-state index < -0.39 is 32.3 Å². The van der Waals surface area contributed by atoms with Crippen LogP contribution in [0.1, 0.15) is 43.7 Å². The van der Waals surface area contributed by atoms with Crippen LogP contribution in [0.5, 0.6) is 5.75 Å². The molecule has 0 spiro atoms. The van der Waals surface area contributed by atoms with Crippen LogP contribution < -0.4 is 4.74 Å². The van der Waals surface area contributed by atoms with E-state index in [1.165, 1.54) is 38.1 Å². The van der Waals surface area contributed by atoms with Gasteiger partial charge in [-0.15, -0.1) is 0 Å². The lowest BCUT2D eigenvalue weighted by Gasteiger charge is -2.38. The number of methoxy groups -OCH3 is 1. The first-order valence-corrected chi connectivity index (χ1v) is 16.2. The maximum Gasteiger partial charge on any atom is 0.433 e. The molecule has 4 rings (SSSR count). The van der Waals surface area contributed by atoms with E-state index in [1.54, 1.807) is 25.1 Å². The second kappa shape index (κ2) is 11.4. The molecule has 224 valence electrons. The Morgan fingerprint density at radius 2 is 1.86 bits per heavy atom. The highest BCUT2D eigenvalue weighted by Crippen LogP contribution is 2.46. The molecule has 0 unspecified atom stereocenters. The summed E-state index contributed by atoms with van der Waals surface area (Å²) >= 11 is 0. The molecule has 9 nitrogen and oxygen atoms in total. The number of carboxylic acids is 1. The van der Waals surface area contributed by atoms with E-state index in [9.17, 15) is 23.1 Å². The molecule has 1 aromatic carbocycles. The predicted octanol–water partition coefficient (Wildman–Crippen LogP) is 7.14. The molecule has 3 aromatic heterocycles. The van der Waals surface area contributed by atoms with Gasteiger partial charge in [0, 0.05) is 34.6 Å². The first-order valence-electron chi connectivity index (χ1n) is 13.3. The maximum absolute atomic E-state index is 14.7. The quantitative estimate of drug-likeness (QED) is 0.196. The van der Waals surface area contributed by atoms with Crippen molar-refractivity contribution in [2.45, 2.75) is 64.7 Å². The summed E-state index contributed by atoms with van der Waals surface area (Å²) in [7, 11) is -0.912. The van der Waals surface area contributed by atoms with Crippen LogP contribution in [0.4, 0.5) is 13.2 Å². The maximum atomic E-state index is 14.7. The highest BCUT2D eigenvalue weighted by atomic mass is 28.4. The normalized spacial score (nSPS) is 13.3. The summed E-state index contributed by atoms with van der Waals surface area (Å²) in [5.41, 5.74) is 0.306. The van der Waals surface area contributed by atoms with Gasteiger partial charge in [-0.3, -0.25) is 4.68 Å². The zero-order valence-electron chi connectivity index (χ0n) is 24.5. The average molecular weight is 602 g/mol. The molecule has 2 N–H and O–H groups in total. The smallest absolute Gasteiger partial charge is 0.433 e. The number of carbonyl (C=O) groups is 1. The van der Waals surface area contributed by atoms with E-state index in [4.69, 9.17) is 9.16 Å². The van der Waals surface area contributed by atoms with Gasteiger partial charge >= 0.3 is 12.1 Å². The number of carboxylic acid groups (broad SMARTS) is 1. The molecule has 0 aliphatic heterocycles. The number of nitrogens with zero attached hydrogens (tertiary/aromatic N) is 4. The molecular weight excluding hydrogens is 567 g/mol. The van der Waals surface area contributed by atoms with E-state index in [-0.39, 0.29) is 34.2 Å². The van der Waals surface area contributed by atoms with Gasteiger partial charge in [0.25, 0.3) is 0 Å². The Balaban J connectivity index is 1.90. The lowest BCUT2D eigenvalue weighted by molar-refractivity contribution is -0.144. The Morgan fingerprint density at radius 1 is 1.14 bits per heavy atom. The highest BCUT2D eigenvalue weighted by Gasteiger charge is 2.42. The molecule has 0 saturated carbocycles. The monoisotopic (exact) mass is 601 g/mol. The van der Waals surface area contributed by atoms with Crippen LogP contribution in [-0.4, -0.2) is 57.3 Å². The number of ether oxygens (including phenoxy) is 1. The van der Waals surface area contributed by atoms with Crippen molar-refractivity contribution in [3.63, 3.8) is 0 Å². The van der Waals surface area contributed by atoms with Gasteiger partial charge in [-0.1, -0.05) is 32.9 Å². The first kappa shape index (κ1) is 31.0. The lowest BCUT2D eigenvalue weighted by atomic mass is 9.95. The summed E-state index contributed by atoms with van der Waals surface area (Å²) in [6.45, 7) is 11.9. The fourth-order valence-corrected chi connectivity index (χ4v) is 6.09. The van der Waals surface area contributed by atoms with E-state index in [1.807, 2.05) is 13.1 Å². The first-order chi connectivity index (χ1) is 19.6. The number of H-pyrrole nitrogens is 1. The minimum atomic E-state index is -4.75. The Hall–Kier alpha value is -3.97. The van der Waals surface area contributed by atoms with Crippen LogP contribution >= 0.6 is 0 Å². The molecule has 13 heteroatoms. The molecule has 3 heterocycles. The largest absolute Gasteiger partial charge is 0.495 e. The number of halogens is 3. The van der Waals surface area contributed by atoms with Crippen molar-refractivity contribution in [2.75, 3.05) is 7.11 Å². The third kappa shape index (κ3) is 5.97. The number of para-hydroxylation sites is 1. The molecular formula is C29H34F3N5O4Si. The number of aromatic carboxylic acids is 1. The van der Waals surface area contributed by atoms with Gasteiger partial charge in [0.2, 0.25) is 0 Å². The third-order valence-electron chi connectivity index (χ3n) is 7.57. The highest BCUT2D eigenvalue weighted by molar-refractivity contribution is 6.74. The molecule has 4 aromatic rings. The molecule has 0 saturated heterocycles. The molecule has 0 aliphatic carbocycles. The van der Waals surface area contributed by atoms with Crippen molar-refractivity contribution in [1.29, 1.82) is 0 Å². The minimum Gasteiger partial charge on any atom is -0.495 e. The summed E-state index contributed by atoms with van der Waals surface area (Å²) < 4.78 is 56.8. The van der Waals surface area contributed by atoms with E-state index in [0.29, 0.717) is 22.4 Å². The number of alkyl halides is 3. The van der Waals surface area contributed by atoms with Gasteiger partial charge in [0.1, 0.15) is 17.6 Å². The fraction of sp³-hybridized carbons (Fsp3) is 0.379. The Morgan fingerprint density at radius 3 is 2.43 bits per heavy atom. The standard InChI is InChI=1S/C29H34F3N5O4Si/c1-17(41-42(6,7)28(2,3)4)15-37-26(29(30,31)32)21(14-36-37)24-23(22-11-12-33-16-35-22)20(13-34-24)18-9-8-10-19(27(38)39)25(18)40-5/h8-14,16-17,34H,15H2,1-7H3,(H,38,39)/t17-/m1/s1. The van der Waals surface area contributed by atoms with Crippen molar-refractivity contribution in [3.05, 3.63) is 60.4 Å². The van der Waals surface area contributed by atoms with Gasteiger partial charge in [0.15, 0.2) is 14.0 Å². The predicted molar refractivity (Wildman–Crippen MR) is 155 cm³/mol. The zero-order chi connectivity index (χ0) is 31.0. The number of aromatic nitrogens is 5. The van der Waals surface area contributed by atoms with Crippen molar-refractivity contribution in [3.8, 4) is 39.4 Å². The Labute approximate surface area is 242 Å². The van der Waals surface area contributed by atoms with Crippen molar-refractivity contribution >= 4 is 14.3 Å². The average Bonchev–Trinajstić information content (AvgIpc) is 3.51. The molecule has 0 bridgehead atoms. The summed E-state index contributed by atoms with van der Waals surface area (Å²) in [5, 5.41) is 13.7. The lowest BCUT2D eigenvalue weighted by Crippen LogP contribution is -2.44. The van der Waals surface area contributed by atoms with Crippen molar-refractivity contribution in [2.24, 2.45) is 0 Å². The van der Waals surface area contributed by atoms with Crippen LogP contribution in [0.2, 0.25) is 18.1 Å². The number of hydrogen-bond acceptors (Lipinski definition) is 6. The topological polar surface area (TPSA) is 115 Å². The fourth-order valence-electron chi connectivity index (χ4n) is 4.66. The number of rotatable bonds is 9. The van der Waals surface area contributed by atoms with Crippen LogP contribution in [0.25, 0.3) is 33.6 Å². The van der Waals surface area contributed by atoms with Gasteiger partial charge in [-0.05, 0) is 37.2 Å². The van der Waals surface area contributed by atoms with Gasteiger partial charge in [-0.25, -0.2) is 14.8 Å². The molecule has 0 aliphatic rings. The molecule has 0 amide bonds. The van der Waals surface area contributed by atoms with Crippen molar-refractivity contribution < 1.29 is 32.2 Å². The van der Waals surface area contributed by atoms with E-state index in [0.717, 1.165) is 4.68 Å². The molecule has 1 atom stereocenters. The summed E-state index contributed by atoms with van der Waals surface area (Å²) in [6, 6.07) is 6.13. The Kier molecular flexibility index (Phi) is 8.38. The van der Waals surface area contributed by atoms with Gasteiger partial charge in [0.05, 0.1) is 37.3 Å². The van der Waals surface area contributed by atoms with Gasteiger partial charge in [-0.2, -0.15) is 18.3 Å². The zero-order valence-corrected chi connectivity index (χ0v) is 25.5. The van der Waals surface area contributed by atoms with E-state index >= 15 is 0 Å². The SMILES string of the molecule is COc1c(C(=O)O)cccc1-c1c[nH]c(-c2cnn(C[C@@H](C)O[Si](C)(C)C(C)(C)C)c2C(F)(F)F)c1-c1ccncn1. The summed E-state index contributed by atoms with van der Waals surface area (Å²) in [5.74, 6) is -1.14. The molecule has 0 radical (unpaired) electrons. The number of aromatic amines is 1. The Bertz CT molecular complexity index is 1580. The minimum absolute atomic E-state index is 0.0641. The number of benzene rings is 1. The number of nitrogens with one attached hydrogen (secondary N) is 1. The van der Waals surface area contributed by atoms with Gasteiger partial charge < -0.3 is 19.3 Å². The molecule has 42 heavy (non-hydrogen) atoms. The van der Waals surface area contributed by atoms with Crippen LogP contribution in [-0.2, 0) is 17.1 Å². The number of hydrogen-bond donors (Lipinski definition) is 2. The summed E-state index contributed by atoms with van der Waals surface area (Å²) in [6.07, 6.45) is 0.168. The van der Waals surface area contributed by atoms with Crippen molar-refractivity contribution in [1.82, 2.24) is 24.7 Å². The third-order valence-corrected chi connectivity index (χ3v) is 12.2. The second-order valence-electron chi connectivity index (χ2n) is 11.5. The summed E-state index contributed by atoms with van der Waals surface area (Å²) in [4.78, 5) is 23.1. The van der Waals surface area contributed by atoms with Crippen LogP contribution in [0.15, 0.2) is 49.2 Å².